The molecule has 1 unspecified atom stereocenters. The third-order valence-electron chi connectivity index (χ3n) is 3.81. The summed E-state index contributed by atoms with van der Waals surface area (Å²) in [6.07, 6.45) is 3.11. The fourth-order valence-corrected chi connectivity index (χ4v) is 3.07. The van der Waals surface area contributed by atoms with Gasteiger partial charge in [0.15, 0.2) is 0 Å². The summed E-state index contributed by atoms with van der Waals surface area (Å²) in [5, 5.41) is 8.47. The number of hydrogen-bond donors (Lipinski definition) is 2. The van der Waals surface area contributed by atoms with Crippen molar-refractivity contribution in [3.63, 3.8) is 0 Å². The zero-order valence-corrected chi connectivity index (χ0v) is 11.8. The number of aryl methyl sites for hydroxylation is 1. The number of rotatable bonds is 2. The number of halogens is 2. The third kappa shape index (κ3) is 2.34. The van der Waals surface area contributed by atoms with Crippen molar-refractivity contribution in [3.05, 3.63) is 63.5 Å². The van der Waals surface area contributed by atoms with E-state index in [1.807, 2.05) is 0 Å². The molecule has 1 aliphatic carbocycles. The van der Waals surface area contributed by atoms with Gasteiger partial charge in [0.25, 0.3) is 5.91 Å². The molecule has 1 aromatic heterocycles. The summed E-state index contributed by atoms with van der Waals surface area (Å²) in [5.74, 6) is -1.02. The number of fused-ring (bicyclic) bond motifs is 1. The van der Waals surface area contributed by atoms with Crippen molar-refractivity contribution >= 4 is 17.5 Å². The molecule has 1 atom stereocenters. The van der Waals surface area contributed by atoms with E-state index in [-0.39, 0.29) is 22.9 Å². The lowest BCUT2D eigenvalue weighted by molar-refractivity contribution is 0.0997. The lowest BCUT2D eigenvalue weighted by Crippen LogP contribution is -2.31. The topological polar surface area (TPSA) is 71.9 Å². The van der Waals surface area contributed by atoms with Gasteiger partial charge in [-0.25, -0.2) is 4.39 Å². The summed E-state index contributed by atoms with van der Waals surface area (Å²) in [4.78, 5) is 11.4. The maximum absolute atomic E-state index is 13.5. The molecule has 3 rings (SSSR count). The minimum atomic E-state index is -0.700. The van der Waals surface area contributed by atoms with Gasteiger partial charge in [0.05, 0.1) is 16.6 Å². The van der Waals surface area contributed by atoms with Gasteiger partial charge in [0.2, 0.25) is 0 Å². The average Bonchev–Trinajstić information content (AvgIpc) is 2.83. The van der Waals surface area contributed by atoms with Gasteiger partial charge in [-0.05, 0) is 42.2 Å². The molecule has 1 aromatic carbocycles. The summed E-state index contributed by atoms with van der Waals surface area (Å²) in [5.41, 5.74) is 7.21. The van der Waals surface area contributed by atoms with Gasteiger partial charge in [-0.3, -0.25) is 10.2 Å². The van der Waals surface area contributed by atoms with E-state index in [0.717, 1.165) is 24.0 Å². The number of nitrogens with one attached hydrogen (secondary N) is 1. The van der Waals surface area contributed by atoms with Crippen molar-refractivity contribution in [2.24, 2.45) is 5.73 Å². The van der Waals surface area contributed by atoms with Gasteiger partial charge >= 0.3 is 0 Å². The second-order valence-electron chi connectivity index (χ2n) is 5.09. The second-order valence-corrected chi connectivity index (χ2v) is 5.53. The predicted octanol–water partition coefficient (Wildman–Crippen LogP) is 2.39. The van der Waals surface area contributed by atoms with Crippen LogP contribution in [0.2, 0.25) is 5.02 Å². The Hall–Kier alpha value is -2.14. The van der Waals surface area contributed by atoms with Crippen LogP contribution in [0.15, 0.2) is 30.5 Å². The number of benzene rings is 1. The van der Waals surface area contributed by atoms with Crippen LogP contribution in [0.5, 0.6) is 0 Å². The minimum absolute atomic E-state index is 0.00555. The molecule has 0 spiro atoms. The van der Waals surface area contributed by atoms with Crippen molar-refractivity contribution in [2.45, 2.75) is 18.9 Å². The van der Waals surface area contributed by atoms with Crippen LogP contribution in [-0.4, -0.2) is 10.5 Å². The molecule has 0 fully saturated rings. The molecule has 21 heavy (non-hydrogen) atoms. The smallest absolute Gasteiger partial charge is 0.252 e. The van der Waals surface area contributed by atoms with Crippen LogP contribution in [0.1, 0.15) is 33.9 Å². The number of nitrogens with two attached hydrogens (primary N) is 1. The van der Waals surface area contributed by atoms with E-state index in [4.69, 9.17) is 22.7 Å². The molecule has 2 aromatic rings. The van der Waals surface area contributed by atoms with Crippen molar-refractivity contribution in [3.8, 4) is 0 Å². The predicted molar refractivity (Wildman–Crippen MR) is 76.7 cm³/mol. The highest BCUT2D eigenvalue weighted by Gasteiger charge is 2.25. The van der Waals surface area contributed by atoms with Crippen LogP contribution >= 0.6 is 11.6 Å². The molecule has 1 aliphatic rings. The number of amides is 1. The van der Waals surface area contributed by atoms with Crippen molar-refractivity contribution < 1.29 is 9.18 Å². The average molecular weight is 306 g/mol. The van der Waals surface area contributed by atoms with Gasteiger partial charge < -0.3 is 10.3 Å². The minimum Gasteiger partial charge on any atom is -0.365 e. The highest BCUT2D eigenvalue weighted by molar-refractivity contribution is 6.30. The molecular formula is C15H13ClFN3O. The first kappa shape index (κ1) is 13.8. The third-order valence-corrected chi connectivity index (χ3v) is 4.02. The summed E-state index contributed by atoms with van der Waals surface area (Å²) in [7, 11) is 0. The van der Waals surface area contributed by atoms with E-state index in [0.29, 0.717) is 5.02 Å². The summed E-state index contributed by atoms with van der Waals surface area (Å²) in [6.45, 7) is 0. The largest absolute Gasteiger partial charge is 0.365 e. The summed E-state index contributed by atoms with van der Waals surface area (Å²) in [6, 6.07) is 5.84. The van der Waals surface area contributed by atoms with Crippen molar-refractivity contribution in [1.29, 1.82) is 5.41 Å². The fraction of sp³-hybridized carbons (Fsp3) is 0.200. The molecule has 0 bridgehead atoms. The standard InChI is InChI=1S/C15H13ClFN3O/c16-9-5-12(15(19)21)14(18)20(7-9)13-4-2-8-1-3-10(17)6-11(8)13/h1,3,5-7,13,18H,2,4H2,(H2,19,21). The zero-order valence-electron chi connectivity index (χ0n) is 11.1. The van der Waals surface area contributed by atoms with E-state index in [9.17, 15) is 9.18 Å². The SMILES string of the molecule is N=c1c(C(N)=O)cc(Cl)cn1C1CCc2ccc(F)cc21. The molecular weight excluding hydrogens is 293 g/mol. The monoisotopic (exact) mass is 305 g/mol. The highest BCUT2D eigenvalue weighted by atomic mass is 35.5. The molecule has 1 amide bonds. The van der Waals surface area contributed by atoms with E-state index >= 15 is 0 Å². The van der Waals surface area contributed by atoms with E-state index in [1.54, 1.807) is 16.8 Å². The quantitative estimate of drug-likeness (QED) is 0.878. The number of carbonyl (C=O) groups is 1. The first-order valence-corrected chi connectivity index (χ1v) is 6.89. The van der Waals surface area contributed by atoms with Gasteiger partial charge in [-0.1, -0.05) is 17.7 Å². The normalized spacial score (nSPS) is 16.8. The van der Waals surface area contributed by atoms with Gasteiger partial charge in [0, 0.05) is 6.20 Å². The lowest BCUT2D eigenvalue weighted by Gasteiger charge is -2.18. The molecule has 0 aliphatic heterocycles. The van der Waals surface area contributed by atoms with Gasteiger partial charge in [-0.2, -0.15) is 0 Å². The van der Waals surface area contributed by atoms with Crippen molar-refractivity contribution in [1.82, 2.24) is 4.57 Å². The van der Waals surface area contributed by atoms with Crippen LogP contribution < -0.4 is 11.2 Å². The van der Waals surface area contributed by atoms with Crippen LogP contribution in [0.3, 0.4) is 0 Å². The van der Waals surface area contributed by atoms with Gasteiger partial charge in [0.1, 0.15) is 11.3 Å². The summed E-state index contributed by atoms with van der Waals surface area (Å²) >= 11 is 6.02. The Bertz CT molecular complexity index is 800. The number of pyridine rings is 1. The molecule has 0 saturated carbocycles. The Morgan fingerprint density at radius 3 is 2.90 bits per heavy atom. The zero-order chi connectivity index (χ0) is 15.1. The number of hydrogen-bond acceptors (Lipinski definition) is 2. The maximum atomic E-state index is 13.5. The fourth-order valence-electron chi connectivity index (χ4n) is 2.85. The first-order chi connectivity index (χ1) is 9.97. The molecule has 4 nitrogen and oxygen atoms in total. The summed E-state index contributed by atoms with van der Waals surface area (Å²) < 4.78 is 15.1. The Kier molecular flexibility index (Phi) is 3.29. The van der Waals surface area contributed by atoms with E-state index in [2.05, 4.69) is 0 Å². The van der Waals surface area contributed by atoms with Crippen LogP contribution in [0, 0.1) is 11.2 Å². The Morgan fingerprint density at radius 2 is 2.19 bits per heavy atom. The Labute approximate surface area is 125 Å². The van der Waals surface area contributed by atoms with E-state index < -0.39 is 5.91 Å². The number of primary amides is 1. The Morgan fingerprint density at radius 1 is 1.43 bits per heavy atom. The van der Waals surface area contributed by atoms with Crippen LogP contribution in [-0.2, 0) is 6.42 Å². The van der Waals surface area contributed by atoms with E-state index in [1.165, 1.54) is 18.2 Å². The highest BCUT2D eigenvalue weighted by Crippen LogP contribution is 2.34. The number of carbonyl (C=O) groups excluding carboxylic acids is 1. The number of nitrogens with zero attached hydrogens (tertiary/aromatic N) is 1. The van der Waals surface area contributed by atoms with Crippen LogP contribution in [0.25, 0.3) is 0 Å². The second kappa shape index (κ2) is 5.00. The molecule has 0 radical (unpaired) electrons. The molecule has 0 saturated heterocycles. The molecule has 3 N–H and O–H groups in total. The molecule has 108 valence electrons. The number of aromatic nitrogens is 1. The van der Waals surface area contributed by atoms with Crippen molar-refractivity contribution in [2.75, 3.05) is 0 Å². The first-order valence-electron chi connectivity index (χ1n) is 6.52. The Balaban J connectivity index is 2.18. The molecule has 6 heteroatoms. The van der Waals surface area contributed by atoms with Gasteiger partial charge in [-0.15, -0.1) is 0 Å². The van der Waals surface area contributed by atoms with Crippen LogP contribution in [0.4, 0.5) is 4.39 Å². The maximum Gasteiger partial charge on any atom is 0.252 e. The lowest BCUT2D eigenvalue weighted by atomic mass is 10.1. The molecule has 1 heterocycles.